The second-order valence-electron chi connectivity index (χ2n) is 6.09. The van der Waals surface area contributed by atoms with Gasteiger partial charge in [0.2, 0.25) is 11.8 Å². The zero-order valence-corrected chi connectivity index (χ0v) is 13.2. The number of likely N-dealkylation sites (tertiary alicyclic amines) is 1. The van der Waals surface area contributed by atoms with Crippen molar-refractivity contribution in [2.45, 2.75) is 45.1 Å². The largest absolute Gasteiger partial charge is 0.339 e. The summed E-state index contributed by atoms with van der Waals surface area (Å²) >= 11 is 0. The highest BCUT2D eigenvalue weighted by atomic mass is 16.5. The Kier molecular flexibility index (Phi) is 3.96. The summed E-state index contributed by atoms with van der Waals surface area (Å²) in [6.45, 7) is 4.77. The van der Waals surface area contributed by atoms with Crippen molar-refractivity contribution < 1.29 is 9.32 Å². The Bertz CT molecular complexity index is 660. The molecule has 3 heterocycles. The SMILES string of the molecule is CC(C)c1nc([C@H]2CCCN2C(=O)Cc2cnn(C)c2)no1. The molecule has 1 fully saturated rings. The molecule has 0 unspecified atom stereocenters. The first-order chi connectivity index (χ1) is 10.5. The highest BCUT2D eigenvalue weighted by Gasteiger charge is 2.33. The molecule has 0 spiro atoms. The Morgan fingerprint density at radius 3 is 2.95 bits per heavy atom. The summed E-state index contributed by atoms with van der Waals surface area (Å²) < 4.78 is 6.98. The van der Waals surface area contributed by atoms with E-state index in [-0.39, 0.29) is 17.9 Å². The number of rotatable bonds is 4. The van der Waals surface area contributed by atoms with E-state index in [0.29, 0.717) is 18.1 Å². The van der Waals surface area contributed by atoms with Crippen LogP contribution in [0.2, 0.25) is 0 Å². The molecule has 1 aliphatic rings. The van der Waals surface area contributed by atoms with Crippen molar-refractivity contribution in [1.29, 1.82) is 0 Å². The van der Waals surface area contributed by atoms with Crippen molar-refractivity contribution >= 4 is 5.91 Å². The second-order valence-corrected chi connectivity index (χ2v) is 6.09. The zero-order valence-electron chi connectivity index (χ0n) is 13.2. The fraction of sp³-hybridized carbons (Fsp3) is 0.600. The molecule has 2 aromatic rings. The molecule has 0 aliphatic carbocycles. The third-order valence-corrected chi connectivity index (χ3v) is 3.94. The van der Waals surface area contributed by atoms with Crippen LogP contribution in [0.4, 0.5) is 0 Å². The van der Waals surface area contributed by atoms with Crippen LogP contribution in [0.15, 0.2) is 16.9 Å². The summed E-state index contributed by atoms with van der Waals surface area (Å²) in [4.78, 5) is 18.9. The minimum Gasteiger partial charge on any atom is -0.339 e. The first-order valence-corrected chi connectivity index (χ1v) is 7.65. The van der Waals surface area contributed by atoms with Crippen molar-refractivity contribution in [2.75, 3.05) is 6.54 Å². The fourth-order valence-corrected chi connectivity index (χ4v) is 2.79. The predicted octanol–water partition coefficient (Wildman–Crippen LogP) is 1.83. The molecule has 2 aromatic heterocycles. The fourth-order valence-electron chi connectivity index (χ4n) is 2.79. The third-order valence-electron chi connectivity index (χ3n) is 3.94. The van der Waals surface area contributed by atoms with Crippen LogP contribution >= 0.6 is 0 Å². The molecular formula is C15H21N5O2. The molecule has 1 aliphatic heterocycles. The maximum atomic E-state index is 12.6. The van der Waals surface area contributed by atoms with Gasteiger partial charge >= 0.3 is 0 Å². The van der Waals surface area contributed by atoms with E-state index < -0.39 is 0 Å². The van der Waals surface area contributed by atoms with E-state index in [9.17, 15) is 4.79 Å². The van der Waals surface area contributed by atoms with E-state index in [0.717, 1.165) is 24.9 Å². The molecule has 7 nitrogen and oxygen atoms in total. The Morgan fingerprint density at radius 2 is 2.32 bits per heavy atom. The summed E-state index contributed by atoms with van der Waals surface area (Å²) in [5.41, 5.74) is 0.925. The smallest absolute Gasteiger partial charge is 0.229 e. The van der Waals surface area contributed by atoms with Crippen molar-refractivity contribution in [3.05, 3.63) is 29.7 Å². The van der Waals surface area contributed by atoms with E-state index >= 15 is 0 Å². The molecule has 22 heavy (non-hydrogen) atoms. The molecule has 1 amide bonds. The Balaban J connectivity index is 1.73. The Hall–Kier alpha value is -2.18. The van der Waals surface area contributed by atoms with Crippen molar-refractivity contribution in [2.24, 2.45) is 7.05 Å². The average Bonchev–Trinajstić information content (AvgIpc) is 3.16. The van der Waals surface area contributed by atoms with Crippen LogP contribution in [0.5, 0.6) is 0 Å². The first-order valence-electron chi connectivity index (χ1n) is 7.65. The summed E-state index contributed by atoms with van der Waals surface area (Å²) in [5, 5.41) is 8.17. The van der Waals surface area contributed by atoms with Gasteiger partial charge in [-0.25, -0.2) is 0 Å². The number of aromatic nitrogens is 4. The van der Waals surface area contributed by atoms with Gasteiger partial charge in [0.1, 0.15) is 0 Å². The molecule has 0 N–H and O–H groups in total. The molecule has 0 radical (unpaired) electrons. The number of aryl methyl sites for hydroxylation is 1. The average molecular weight is 303 g/mol. The van der Waals surface area contributed by atoms with E-state index in [1.165, 1.54) is 0 Å². The van der Waals surface area contributed by atoms with E-state index in [1.807, 2.05) is 32.0 Å². The standard InChI is InChI=1S/C15H21N5O2/c1-10(2)15-17-14(18-22-15)12-5-4-6-20(12)13(21)7-11-8-16-19(3)9-11/h8-10,12H,4-7H2,1-3H3/t12-/m1/s1. The van der Waals surface area contributed by atoms with Crippen LogP contribution in [-0.2, 0) is 18.3 Å². The molecule has 0 aromatic carbocycles. The van der Waals surface area contributed by atoms with Crippen molar-refractivity contribution in [1.82, 2.24) is 24.8 Å². The van der Waals surface area contributed by atoms with E-state index in [4.69, 9.17) is 4.52 Å². The van der Waals surface area contributed by atoms with Gasteiger partial charge in [-0.3, -0.25) is 9.48 Å². The lowest BCUT2D eigenvalue weighted by Crippen LogP contribution is -2.32. The van der Waals surface area contributed by atoms with Gasteiger partial charge < -0.3 is 9.42 Å². The minimum atomic E-state index is -0.0691. The summed E-state index contributed by atoms with van der Waals surface area (Å²) in [7, 11) is 1.85. The van der Waals surface area contributed by atoms with Crippen LogP contribution in [0.25, 0.3) is 0 Å². The number of amides is 1. The summed E-state index contributed by atoms with van der Waals surface area (Å²) in [5.74, 6) is 1.54. The lowest BCUT2D eigenvalue weighted by Gasteiger charge is -2.21. The number of hydrogen-bond donors (Lipinski definition) is 0. The van der Waals surface area contributed by atoms with Gasteiger partial charge in [0.25, 0.3) is 0 Å². The van der Waals surface area contributed by atoms with Crippen molar-refractivity contribution in [3.63, 3.8) is 0 Å². The quantitative estimate of drug-likeness (QED) is 0.861. The van der Waals surface area contributed by atoms with Crippen LogP contribution < -0.4 is 0 Å². The van der Waals surface area contributed by atoms with E-state index in [2.05, 4.69) is 15.2 Å². The number of nitrogens with zero attached hydrogens (tertiary/aromatic N) is 5. The molecule has 1 saturated heterocycles. The van der Waals surface area contributed by atoms with Gasteiger partial charge in [-0.05, 0) is 18.4 Å². The topological polar surface area (TPSA) is 77.1 Å². The molecule has 7 heteroatoms. The summed E-state index contributed by atoms with van der Waals surface area (Å²) in [6.07, 6.45) is 5.81. The van der Waals surface area contributed by atoms with Crippen molar-refractivity contribution in [3.8, 4) is 0 Å². The minimum absolute atomic E-state index is 0.0691. The number of carbonyl (C=O) groups excluding carboxylic acids is 1. The highest BCUT2D eigenvalue weighted by Crippen LogP contribution is 2.31. The molecular weight excluding hydrogens is 282 g/mol. The van der Waals surface area contributed by atoms with Gasteiger partial charge in [-0.1, -0.05) is 19.0 Å². The van der Waals surface area contributed by atoms with Crippen LogP contribution in [0.3, 0.4) is 0 Å². The highest BCUT2D eigenvalue weighted by molar-refractivity contribution is 5.79. The Morgan fingerprint density at radius 1 is 1.50 bits per heavy atom. The molecule has 0 saturated carbocycles. The van der Waals surface area contributed by atoms with Gasteiger partial charge in [-0.2, -0.15) is 10.1 Å². The second kappa shape index (κ2) is 5.90. The van der Waals surface area contributed by atoms with Gasteiger partial charge in [0.15, 0.2) is 5.82 Å². The first kappa shape index (κ1) is 14.7. The molecule has 3 rings (SSSR count). The lowest BCUT2D eigenvalue weighted by atomic mass is 10.2. The van der Waals surface area contributed by atoms with Gasteiger partial charge in [-0.15, -0.1) is 0 Å². The van der Waals surface area contributed by atoms with Crippen LogP contribution in [0.1, 0.15) is 55.9 Å². The van der Waals surface area contributed by atoms with Crippen LogP contribution in [0, 0.1) is 0 Å². The summed E-state index contributed by atoms with van der Waals surface area (Å²) in [6, 6.07) is -0.0691. The monoisotopic (exact) mass is 303 g/mol. The molecule has 118 valence electrons. The third kappa shape index (κ3) is 2.88. The van der Waals surface area contributed by atoms with Gasteiger partial charge in [0.05, 0.1) is 18.7 Å². The zero-order chi connectivity index (χ0) is 15.7. The Labute approximate surface area is 129 Å². The normalized spacial score (nSPS) is 18.4. The van der Waals surface area contributed by atoms with E-state index in [1.54, 1.807) is 10.9 Å². The maximum absolute atomic E-state index is 12.6. The van der Waals surface area contributed by atoms with Crippen LogP contribution in [-0.4, -0.2) is 37.3 Å². The van der Waals surface area contributed by atoms with Gasteiger partial charge in [0, 0.05) is 25.7 Å². The lowest BCUT2D eigenvalue weighted by molar-refractivity contribution is -0.131. The molecule has 1 atom stereocenters. The number of hydrogen-bond acceptors (Lipinski definition) is 5. The predicted molar refractivity (Wildman–Crippen MR) is 79.0 cm³/mol. The molecule has 0 bridgehead atoms. The maximum Gasteiger partial charge on any atom is 0.229 e. The number of carbonyl (C=O) groups is 1.